The molecule has 5 nitrogen and oxygen atoms in total. The molecule has 1 aromatic rings. The normalized spacial score (nSPS) is 11.9. The number of rotatable bonds is 5. The maximum Gasteiger partial charge on any atom is 0.185 e. The third kappa shape index (κ3) is 4.74. The van der Waals surface area contributed by atoms with Crippen LogP contribution in [-0.2, 0) is 0 Å². The number of anilines is 1. The van der Waals surface area contributed by atoms with Crippen molar-refractivity contribution in [1.82, 2.24) is 0 Å². The van der Waals surface area contributed by atoms with Crippen LogP contribution in [0.1, 0.15) is 11.1 Å². The number of aliphatic hydroxyl groups is 1. The van der Waals surface area contributed by atoms with Crippen molar-refractivity contribution in [1.29, 1.82) is 0 Å². The van der Waals surface area contributed by atoms with Crippen LogP contribution in [-0.4, -0.2) is 30.3 Å². The predicted octanol–water partition coefficient (Wildman–Crippen LogP) is 0.350. The van der Waals surface area contributed by atoms with Crippen molar-refractivity contribution in [3.05, 3.63) is 29.3 Å². The number of aliphatic hydroxyl groups excluding tert-OH is 1. The van der Waals surface area contributed by atoms with Crippen molar-refractivity contribution in [3.63, 3.8) is 0 Å². The molecular weight excluding hydrogens is 216 g/mol. The maximum absolute atomic E-state index is 9.64. The summed E-state index contributed by atoms with van der Waals surface area (Å²) in [6.45, 7) is 4.67. The first-order valence-corrected chi connectivity index (χ1v) is 5.53. The molecule has 0 saturated carbocycles. The molecule has 94 valence electrons. The molecular formula is C12H20N4O. The lowest BCUT2D eigenvalue weighted by atomic mass is 10.1. The van der Waals surface area contributed by atoms with Crippen LogP contribution in [0.25, 0.3) is 0 Å². The van der Waals surface area contributed by atoms with Gasteiger partial charge in [0, 0.05) is 12.2 Å². The number of aryl methyl sites for hydroxylation is 2. The van der Waals surface area contributed by atoms with Gasteiger partial charge in [0.2, 0.25) is 0 Å². The van der Waals surface area contributed by atoms with Crippen LogP contribution in [0.5, 0.6) is 0 Å². The summed E-state index contributed by atoms with van der Waals surface area (Å²) < 4.78 is 0. The van der Waals surface area contributed by atoms with E-state index in [0.29, 0.717) is 6.54 Å². The van der Waals surface area contributed by atoms with Crippen molar-refractivity contribution >= 4 is 11.6 Å². The smallest absolute Gasteiger partial charge is 0.185 e. The Balaban J connectivity index is 2.49. The largest absolute Gasteiger partial charge is 0.389 e. The molecule has 0 amide bonds. The zero-order valence-corrected chi connectivity index (χ0v) is 10.3. The van der Waals surface area contributed by atoms with Crippen LogP contribution in [0.3, 0.4) is 0 Å². The van der Waals surface area contributed by atoms with E-state index in [0.717, 1.165) is 11.3 Å². The van der Waals surface area contributed by atoms with Crippen LogP contribution >= 0.6 is 0 Å². The fraction of sp³-hybridized carbons (Fsp3) is 0.417. The van der Waals surface area contributed by atoms with Crippen LogP contribution in [0.4, 0.5) is 5.69 Å². The number of nitrogens with one attached hydrogen (secondary N) is 1. The second-order valence-electron chi connectivity index (χ2n) is 4.12. The molecule has 17 heavy (non-hydrogen) atoms. The highest BCUT2D eigenvalue weighted by Gasteiger charge is 2.04. The van der Waals surface area contributed by atoms with E-state index in [1.165, 1.54) is 5.56 Å². The summed E-state index contributed by atoms with van der Waals surface area (Å²) in [4.78, 5) is 3.76. The molecule has 0 saturated heterocycles. The van der Waals surface area contributed by atoms with Gasteiger partial charge in [0.15, 0.2) is 5.96 Å². The van der Waals surface area contributed by atoms with Gasteiger partial charge < -0.3 is 21.9 Å². The minimum Gasteiger partial charge on any atom is -0.389 e. The fourth-order valence-electron chi connectivity index (χ4n) is 1.43. The molecule has 6 N–H and O–H groups in total. The third-order valence-electron chi connectivity index (χ3n) is 2.41. The summed E-state index contributed by atoms with van der Waals surface area (Å²) in [5.74, 6) is -0.00390. The Labute approximate surface area is 102 Å². The zero-order valence-electron chi connectivity index (χ0n) is 10.3. The van der Waals surface area contributed by atoms with Gasteiger partial charge >= 0.3 is 0 Å². The van der Waals surface area contributed by atoms with Crippen LogP contribution in [0.15, 0.2) is 23.2 Å². The Bertz CT molecular complexity index is 399. The highest BCUT2D eigenvalue weighted by molar-refractivity contribution is 5.75. The maximum atomic E-state index is 9.64. The molecule has 0 fully saturated rings. The Kier molecular flexibility index (Phi) is 4.78. The molecule has 5 heteroatoms. The lowest BCUT2D eigenvalue weighted by molar-refractivity contribution is 0.196. The molecule has 1 rings (SSSR count). The molecule has 0 radical (unpaired) electrons. The van der Waals surface area contributed by atoms with E-state index < -0.39 is 6.10 Å². The van der Waals surface area contributed by atoms with Crippen LogP contribution in [0.2, 0.25) is 0 Å². The van der Waals surface area contributed by atoms with E-state index in [2.05, 4.69) is 16.4 Å². The minimum absolute atomic E-state index is 0.00390. The number of aliphatic imine (C=N–C) groups is 1. The zero-order chi connectivity index (χ0) is 12.8. The topological polar surface area (TPSA) is 96.7 Å². The number of benzene rings is 1. The van der Waals surface area contributed by atoms with Gasteiger partial charge in [0.25, 0.3) is 0 Å². The Morgan fingerprint density at radius 1 is 1.41 bits per heavy atom. The molecule has 0 heterocycles. The standard InChI is InChI=1S/C12H20N4O/c1-8-3-4-9(2)11(5-8)15-6-10(17)7-16-12(13)14/h3-5,10,15,17H,6-7H2,1-2H3,(H4,13,14,16)/t10-/m0/s1. The van der Waals surface area contributed by atoms with Gasteiger partial charge in [-0.3, -0.25) is 4.99 Å². The first kappa shape index (κ1) is 13.3. The highest BCUT2D eigenvalue weighted by atomic mass is 16.3. The first-order chi connectivity index (χ1) is 7.99. The van der Waals surface area contributed by atoms with Gasteiger partial charge in [-0.1, -0.05) is 12.1 Å². The predicted molar refractivity (Wildman–Crippen MR) is 71.1 cm³/mol. The van der Waals surface area contributed by atoms with E-state index in [1.54, 1.807) is 0 Å². The quantitative estimate of drug-likeness (QED) is 0.438. The van der Waals surface area contributed by atoms with E-state index in [4.69, 9.17) is 11.5 Å². The van der Waals surface area contributed by atoms with Gasteiger partial charge in [0.1, 0.15) is 0 Å². The second kappa shape index (κ2) is 6.10. The monoisotopic (exact) mass is 236 g/mol. The summed E-state index contributed by atoms with van der Waals surface area (Å²) in [6.07, 6.45) is -0.600. The number of nitrogens with two attached hydrogens (primary N) is 2. The fourth-order valence-corrected chi connectivity index (χ4v) is 1.43. The Hall–Kier alpha value is -1.75. The van der Waals surface area contributed by atoms with Gasteiger partial charge in [-0.25, -0.2) is 0 Å². The van der Waals surface area contributed by atoms with E-state index >= 15 is 0 Å². The number of nitrogens with zero attached hydrogens (tertiary/aromatic N) is 1. The average molecular weight is 236 g/mol. The van der Waals surface area contributed by atoms with Crippen LogP contribution in [0, 0.1) is 13.8 Å². The first-order valence-electron chi connectivity index (χ1n) is 5.53. The van der Waals surface area contributed by atoms with Crippen molar-refractivity contribution in [3.8, 4) is 0 Å². The minimum atomic E-state index is -0.600. The molecule has 1 atom stereocenters. The van der Waals surface area contributed by atoms with Crippen molar-refractivity contribution in [2.75, 3.05) is 18.4 Å². The SMILES string of the molecule is Cc1ccc(C)c(NC[C@H](O)CN=C(N)N)c1. The van der Waals surface area contributed by atoms with Gasteiger partial charge in [-0.2, -0.15) is 0 Å². The number of hydrogen-bond acceptors (Lipinski definition) is 3. The summed E-state index contributed by atoms with van der Waals surface area (Å²) >= 11 is 0. The van der Waals surface area contributed by atoms with Gasteiger partial charge in [-0.05, 0) is 31.0 Å². The van der Waals surface area contributed by atoms with E-state index in [-0.39, 0.29) is 12.5 Å². The summed E-state index contributed by atoms with van der Waals surface area (Å²) in [6, 6.07) is 6.14. The molecule has 0 aromatic heterocycles. The molecule has 0 aliphatic rings. The van der Waals surface area contributed by atoms with E-state index in [1.807, 2.05) is 26.0 Å². The molecule has 0 bridgehead atoms. The molecule has 0 aliphatic heterocycles. The van der Waals surface area contributed by atoms with Gasteiger partial charge in [-0.15, -0.1) is 0 Å². The highest BCUT2D eigenvalue weighted by Crippen LogP contribution is 2.16. The summed E-state index contributed by atoms with van der Waals surface area (Å²) in [5, 5.41) is 12.8. The summed E-state index contributed by atoms with van der Waals surface area (Å²) in [7, 11) is 0. The summed E-state index contributed by atoms with van der Waals surface area (Å²) in [5.41, 5.74) is 13.7. The molecule has 1 aromatic carbocycles. The molecule has 0 spiro atoms. The lowest BCUT2D eigenvalue weighted by Crippen LogP contribution is -2.28. The second-order valence-corrected chi connectivity index (χ2v) is 4.12. The number of hydrogen-bond donors (Lipinski definition) is 4. The van der Waals surface area contributed by atoms with Crippen LogP contribution < -0.4 is 16.8 Å². The molecule has 0 aliphatic carbocycles. The lowest BCUT2D eigenvalue weighted by Gasteiger charge is -2.13. The molecule has 0 unspecified atom stereocenters. The van der Waals surface area contributed by atoms with Crippen molar-refractivity contribution < 1.29 is 5.11 Å². The van der Waals surface area contributed by atoms with E-state index in [9.17, 15) is 5.11 Å². The van der Waals surface area contributed by atoms with Crippen molar-refractivity contribution in [2.24, 2.45) is 16.5 Å². The average Bonchev–Trinajstić information content (AvgIpc) is 2.27. The Morgan fingerprint density at radius 2 is 2.12 bits per heavy atom. The third-order valence-corrected chi connectivity index (χ3v) is 2.41. The van der Waals surface area contributed by atoms with Crippen molar-refractivity contribution in [2.45, 2.75) is 20.0 Å². The van der Waals surface area contributed by atoms with Gasteiger partial charge in [0.05, 0.1) is 12.6 Å². The Morgan fingerprint density at radius 3 is 2.76 bits per heavy atom. The number of guanidine groups is 1.